The van der Waals surface area contributed by atoms with Crippen LogP contribution in [0.1, 0.15) is 18.4 Å². The average Bonchev–Trinajstić information content (AvgIpc) is 3.27. The number of ether oxygens (including phenoxy) is 1. The average molecular weight is 434 g/mol. The Kier molecular flexibility index (Phi) is 5.78. The van der Waals surface area contributed by atoms with Gasteiger partial charge in [-0.15, -0.1) is 0 Å². The molecular weight excluding hydrogens is 417 g/mol. The van der Waals surface area contributed by atoms with E-state index in [2.05, 4.69) is 0 Å². The highest BCUT2D eigenvalue weighted by Crippen LogP contribution is 2.42. The highest BCUT2D eigenvalue weighted by atomic mass is 35.5. The third-order valence-electron chi connectivity index (χ3n) is 4.70. The zero-order chi connectivity index (χ0) is 19.7. The lowest BCUT2D eigenvalue weighted by atomic mass is 10.1. The molecule has 0 radical (unpaired) electrons. The van der Waals surface area contributed by atoms with E-state index >= 15 is 0 Å². The fraction of sp³-hybridized carbons (Fsp3) is 0.238. The van der Waals surface area contributed by atoms with Crippen LogP contribution >= 0.6 is 35.0 Å². The summed E-state index contributed by atoms with van der Waals surface area (Å²) in [6.07, 6.45) is 1.67. The van der Waals surface area contributed by atoms with Crippen LogP contribution in [0.25, 0.3) is 5.57 Å². The molecule has 0 saturated carbocycles. The molecule has 1 unspecified atom stereocenters. The number of carbonyl (C=O) groups excluding carboxylic acids is 2. The Labute approximate surface area is 177 Å². The van der Waals surface area contributed by atoms with Crippen molar-refractivity contribution in [2.75, 3.05) is 13.2 Å². The number of halogens is 2. The lowest BCUT2D eigenvalue weighted by Gasteiger charge is -2.19. The van der Waals surface area contributed by atoms with Crippen molar-refractivity contribution in [1.29, 1.82) is 0 Å². The lowest BCUT2D eigenvalue weighted by Crippen LogP contribution is -2.37. The number of imide groups is 1. The number of amides is 2. The predicted octanol–water partition coefficient (Wildman–Crippen LogP) is 5.04. The summed E-state index contributed by atoms with van der Waals surface area (Å²) < 4.78 is 5.63. The Hall–Kier alpha value is -1.79. The van der Waals surface area contributed by atoms with Crippen molar-refractivity contribution in [1.82, 2.24) is 4.90 Å². The SMILES string of the molecule is O=C1C(Sc2ccccc2)=C(c2ccc(Cl)cc2Cl)C(=O)N1CC1CCCO1. The van der Waals surface area contributed by atoms with Crippen molar-refractivity contribution in [2.24, 2.45) is 0 Å². The van der Waals surface area contributed by atoms with Crippen molar-refractivity contribution in [3.63, 3.8) is 0 Å². The van der Waals surface area contributed by atoms with Crippen molar-refractivity contribution in [3.8, 4) is 0 Å². The molecule has 2 aliphatic rings. The fourth-order valence-corrected chi connectivity index (χ4v) is 4.87. The van der Waals surface area contributed by atoms with Gasteiger partial charge in [0.25, 0.3) is 11.8 Å². The van der Waals surface area contributed by atoms with Crippen molar-refractivity contribution in [3.05, 3.63) is 69.0 Å². The van der Waals surface area contributed by atoms with Crippen LogP contribution in [0.3, 0.4) is 0 Å². The van der Waals surface area contributed by atoms with Crippen LogP contribution in [0.5, 0.6) is 0 Å². The number of hydrogen-bond donors (Lipinski definition) is 0. The third-order valence-corrected chi connectivity index (χ3v) is 6.34. The first-order valence-electron chi connectivity index (χ1n) is 8.95. The minimum absolute atomic E-state index is 0.115. The second-order valence-electron chi connectivity index (χ2n) is 6.60. The second-order valence-corrected chi connectivity index (χ2v) is 8.53. The standard InChI is InChI=1S/C21H17Cl2NO3S/c22-13-8-9-16(17(23)11-13)18-19(28-15-6-2-1-3-7-15)21(26)24(20(18)25)12-14-5-4-10-27-14/h1-3,6-9,11,14H,4-5,10,12H2. The van der Waals surface area contributed by atoms with Crippen molar-refractivity contribution < 1.29 is 14.3 Å². The maximum absolute atomic E-state index is 13.2. The molecule has 1 saturated heterocycles. The fourth-order valence-electron chi connectivity index (χ4n) is 3.34. The van der Waals surface area contributed by atoms with E-state index in [1.807, 2.05) is 30.3 Å². The van der Waals surface area contributed by atoms with E-state index in [4.69, 9.17) is 27.9 Å². The maximum Gasteiger partial charge on any atom is 0.268 e. The summed E-state index contributed by atoms with van der Waals surface area (Å²) >= 11 is 13.7. The molecule has 28 heavy (non-hydrogen) atoms. The van der Waals surface area contributed by atoms with Gasteiger partial charge in [0.2, 0.25) is 0 Å². The van der Waals surface area contributed by atoms with Gasteiger partial charge in [-0.3, -0.25) is 14.5 Å². The molecule has 2 aliphatic heterocycles. The molecule has 0 bridgehead atoms. The van der Waals surface area contributed by atoms with E-state index < -0.39 is 0 Å². The highest BCUT2D eigenvalue weighted by molar-refractivity contribution is 8.04. The normalized spacial score (nSPS) is 19.8. The van der Waals surface area contributed by atoms with Gasteiger partial charge in [0.1, 0.15) is 0 Å². The summed E-state index contributed by atoms with van der Waals surface area (Å²) in [5.41, 5.74) is 0.830. The van der Waals surface area contributed by atoms with Crippen LogP contribution < -0.4 is 0 Å². The van der Waals surface area contributed by atoms with Crippen LogP contribution in [0.15, 0.2) is 58.3 Å². The maximum atomic E-state index is 13.2. The van der Waals surface area contributed by atoms with Crippen LogP contribution in [-0.2, 0) is 14.3 Å². The van der Waals surface area contributed by atoms with E-state index in [9.17, 15) is 9.59 Å². The van der Waals surface area contributed by atoms with Gasteiger partial charge in [-0.05, 0) is 37.1 Å². The first-order chi connectivity index (χ1) is 13.5. The largest absolute Gasteiger partial charge is 0.376 e. The smallest absolute Gasteiger partial charge is 0.268 e. The van der Waals surface area contributed by atoms with E-state index in [1.165, 1.54) is 16.7 Å². The summed E-state index contributed by atoms with van der Waals surface area (Å²) in [5, 5.41) is 0.813. The molecule has 1 atom stereocenters. The summed E-state index contributed by atoms with van der Waals surface area (Å²) in [4.78, 5) is 28.9. The van der Waals surface area contributed by atoms with E-state index in [0.29, 0.717) is 32.7 Å². The Balaban J connectivity index is 1.74. The van der Waals surface area contributed by atoms with Gasteiger partial charge in [0.05, 0.1) is 28.1 Å². The Morgan fingerprint density at radius 2 is 1.86 bits per heavy atom. The molecular formula is C21H17Cl2NO3S. The van der Waals surface area contributed by atoms with E-state index in [0.717, 1.165) is 17.7 Å². The topological polar surface area (TPSA) is 46.6 Å². The van der Waals surface area contributed by atoms with Crippen LogP contribution in [0.2, 0.25) is 10.0 Å². The first-order valence-corrected chi connectivity index (χ1v) is 10.5. The van der Waals surface area contributed by atoms with Crippen molar-refractivity contribution in [2.45, 2.75) is 23.8 Å². The van der Waals surface area contributed by atoms with E-state index in [1.54, 1.807) is 18.2 Å². The molecule has 2 aromatic carbocycles. The number of benzene rings is 2. The first kappa shape index (κ1) is 19.5. The molecule has 1 fully saturated rings. The number of carbonyl (C=O) groups is 2. The molecule has 7 heteroatoms. The zero-order valence-electron chi connectivity index (χ0n) is 14.9. The Bertz CT molecular complexity index is 955. The lowest BCUT2D eigenvalue weighted by molar-refractivity contribution is -0.138. The number of rotatable bonds is 5. The molecule has 144 valence electrons. The Morgan fingerprint density at radius 1 is 1.07 bits per heavy atom. The molecule has 0 aliphatic carbocycles. The van der Waals surface area contributed by atoms with Gasteiger partial charge >= 0.3 is 0 Å². The minimum Gasteiger partial charge on any atom is -0.376 e. The molecule has 2 aromatic rings. The van der Waals surface area contributed by atoms with Crippen LogP contribution in [0, 0.1) is 0 Å². The molecule has 4 nitrogen and oxygen atoms in total. The van der Waals surface area contributed by atoms with E-state index in [-0.39, 0.29) is 24.5 Å². The second kappa shape index (κ2) is 8.29. The van der Waals surface area contributed by atoms with Gasteiger partial charge in [0.15, 0.2) is 0 Å². The Morgan fingerprint density at radius 3 is 2.54 bits per heavy atom. The molecule has 0 N–H and O–H groups in total. The quantitative estimate of drug-likeness (QED) is 0.619. The molecule has 2 amide bonds. The molecule has 2 heterocycles. The number of nitrogens with zero attached hydrogens (tertiary/aromatic N) is 1. The minimum atomic E-state index is -0.344. The predicted molar refractivity (Wildman–Crippen MR) is 111 cm³/mol. The number of hydrogen-bond acceptors (Lipinski definition) is 4. The van der Waals surface area contributed by atoms with Crippen LogP contribution in [0.4, 0.5) is 0 Å². The van der Waals surface area contributed by atoms with Gasteiger partial charge in [-0.25, -0.2) is 0 Å². The van der Waals surface area contributed by atoms with Gasteiger partial charge in [0, 0.05) is 22.1 Å². The van der Waals surface area contributed by atoms with Gasteiger partial charge < -0.3 is 4.74 Å². The zero-order valence-corrected chi connectivity index (χ0v) is 17.2. The van der Waals surface area contributed by atoms with Crippen LogP contribution in [-0.4, -0.2) is 36.0 Å². The summed E-state index contributed by atoms with van der Waals surface area (Å²) in [6.45, 7) is 0.918. The third kappa shape index (κ3) is 3.85. The summed E-state index contributed by atoms with van der Waals surface area (Å²) in [5.74, 6) is -0.654. The van der Waals surface area contributed by atoms with Gasteiger partial charge in [-0.2, -0.15) is 0 Å². The van der Waals surface area contributed by atoms with Crippen molar-refractivity contribution >= 4 is 52.4 Å². The molecule has 0 spiro atoms. The summed E-state index contributed by atoms with van der Waals surface area (Å²) in [7, 11) is 0. The number of thioether (sulfide) groups is 1. The summed E-state index contributed by atoms with van der Waals surface area (Å²) in [6, 6.07) is 14.4. The molecule has 4 rings (SSSR count). The molecule has 0 aromatic heterocycles. The highest BCUT2D eigenvalue weighted by Gasteiger charge is 2.41. The van der Waals surface area contributed by atoms with Gasteiger partial charge in [-0.1, -0.05) is 59.2 Å². The monoisotopic (exact) mass is 433 g/mol.